The molecule has 1 aromatic carbocycles. The predicted octanol–water partition coefficient (Wildman–Crippen LogP) is 1.75. The first-order valence-electron chi connectivity index (χ1n) is 6.32. The van der Waals surface area contributed by atoms with Crippen LogP contribution < -0.4 is 10.5 Å². The quantitative estimate of drug-likeness (QED) is 0.819. The van der Waals surface area contributed by atoms with E-state index in [9.17, 15) is 12.8 Å². The molecule has 0 saturated carbocycles. The summed E-state index contributed by atoms with van der Waals surface area (Å²) in [5.74, 6) is 0.243. The molecule has 0 aliphatic heterocycles. The number of anilines is 1. The summed E-state index contributed by atoms with van der Waals surface area (Å²) >= 11 is 0. The zero-order valence-corrected chi connectivity index (χ0v) is 12.5. The normalized spacial score (nSPS) is 11.8. The number of oxazole rings is 1. The van der Waals surface area contributed by atoms with E-state index in [1.54, 1.807) is 0 Å². The van der Waals surface area contributed by atoms with Crippen molar-refractivity contribution in [1.29, 1.82) is 0 Å². The van der Waals surface area contributed by atoms with Gasteiger partial charge in [-0.25, -0.2) is 22.5 Å². The number of rotatable bonds is 5. The van der Waals surface area contributed by atoms with E-state index >= 15 is 0 Å². The second-order valence-corrected chi connectivity index (χ2v) is 6.26. The number of nitrogens with one attached hydrogen (secondary N) is 1. The molecule has 0 bridgehead atoms. The van der Waals surface area contributed by atoms with Crippen LogP contribution in [0.5, 0.6) is 0 Å². The van der Waals surface area contributed by atoms with Crippen molar-refractivity contribution in [2.75, 3.05) is 5.73 Å². The molecule has 6 nitrogen and oxygen atoms in total. The molecule has 2 aromatic rings. The number of aryl methyl sites for hydroxylation is 1. The number of aromatic nitrogens is 1. The number of sulfonamides is 1. The van der Waals surface area contributed by atoms with Crippen molar-refractivity contribution in [3.63, 3.8) is 0 Å². The molecule has 0 unspecified atom stereocenters. The average Bonchev–Trinajstić information content (AvgIpc) is 2.88. The standard InChI is InChI=1S/C13H16FN3O3S/c1-3-10-6-16-13(20-10)7-17-21(18,19)12-5-9(15)4-11(14)8(12)2/h4-6,17H,3,7,15H2,1-2H3. The van der Waals surface area contributed by atoms with E-state index < -0.39 is 15.8 Å². The maximum Gasteiger partial charge on any atom is 0.241 e. The van der Waals surface area contributed by atoms with Crippen molar-refractivity contribution in [3.8, 4) is 0 Å². The number of nitrogen functional groups attached to an aromatic ring is 1. The summed E-state index contributed by atoms with van der Waals surface area (Å²) in [4.78, 5) is 3.76. The zero-order valence-electron chi connectivity index (χ0n) is 11.7. The molecule has 114 valence electrons. The van der Waals surface area contributed by atoms with Crippen molar-refractivity contribution >= 4 is 15.7 Å². The van der Waals surface area contributed by atoms with E-state index in [2.05, 4.69) is 9.71 Å². The van der Waals surface area contributed by atoms with E-state index in [1.807, 2.05) is 6.92 Å². The molecule has 0 aliphatic carbocycles. The molecule has 0 fully saturated rings. The van der Waals surface area contributed by atoms with Gasteiger partial charge in [0.1, 0.15) is 11.6 Å². The van der Waals surface area contributed by atoms with Gasteiger partial charge in [-0.1, -0.05) is 6.92 Å². The number of nitrogens with zero attached hydrogens (tertiary/aromatic N) is 1. The molecule has 0 radical (unpaired) electrons. The smallest absolute Gasteiger partial charge is 0.241 e. The lowest BCUT2D eigenvalue weighted by Crippen LogP contribution is -2.24. The highest BCUT2D eigenvalue weighted by Gasteiger charge is 2.20. The fourth-order valence-electron chi connectivity index (χ4n) is 1.78. The minimum atomic E-state index is -3.90. The third kappa shape index (κ3) is 3.40. The number of nitrogens with two attached hydrogens (primary N) is 1. The van der Waals surface area contributed by atoms with Gasteiger partial charge in [0.25, 0.3) is 0 Å². The largest absolute Gasteiger partial charge is 0.444 e. The first-order chi connectivity index (χ1) is 9.83. The Morgan fingerprint density at radius 1 is 1.43 bits per heavy atom. The molecular formula is C13H16FN3O3S. The van der Waals surface area contributed by atoms with Crippen LogP contribution in [0.3, 0.4) is 0 Å². The minimum absolute atomic E-state index is 0.0124. The lowest BCUT2D eigenvalue weighted by atomic mass is 10.2. The fourth-order valence-corrected chi connectivity index (χ4v) is 3.04. The van der Waals surface area contributed by atoms with Gasteiger partial charge in [-0.05, 0) is 19.1 Å². The van der Waals surface area contributed by atoms with Gasteiger partial charge in [0.2, 0.25) is 15.9 Å². The molecule has 0 atom stereocenters. The number of hydrogen-bond acceptors (Lipinski definition) is 5. The molecule has 8 heteroatoms. The predicted molar refractivity (Wildman–Crippen MR) is 75.5 cm³/mol. The summed E-state index contributed by atoms with van der Waals surface area (Å²) < 4.78 is 45.6. The lowest BCUT2D eigenvalue weighted by molar-refractivity contribution is 0.452. The van der Waals surface area contributed by atoms with Gasteiger partial charge in [-0.2, -0.15) is 0 Å². The molecule has 0 aliphatic rings. The Kier molecular flexibility index (Phi) is 4.29. The van der Waals surface area contributed by atoms with Crippen LogP contribution in [-0.2, 0) is 23.0 Å². The zero-order chi connectivity index (χ0) is 15.6. The van der Waals surface area contributed by atoms with Gasteiger partial charge >= 0.3 is 0 Å². The van der Waals surface area contributed by atoms with Crippen LogP contribution in [-0.4, -0.2) is 13.4 Å². The van der Waals surface area contributed by atoms with Crippen molar-refractivity contribution in [3.05, 3.63) is 41.4 Å². The van der Waals surface area contributed by atoms with E-state index in [1.165, 1.54) is 19.2 Å². The van der Waals surface area contributed by atoms with Crippen molar-refractivity contribution in [2.24, 2.45) is 0 Å². The lowest BCUT2D eigenvalue weighted by Gasteiger charge is -2.09. The Balaban J connectivity index is 2.22. The molecule has 2 rings (SSSR count). The molecular weight excluding hydrogens is 297 g/mol. The molecule has 0 spiro atoms. The Hall–Kier alpha value is -1.93. The molecule has 3 N–H and O–H groups in total. The second-order valence-electron chi connectivity index (χ2n) is 4.52. The van der Waals surface area contributed by atoms with Crippen LogP contribution in [0.15, 0.2) is 27.6 Å². The Labute approximate surface area is 122 Å². The molecule has 1 aromatic heterocycles. The van der Waals surface area contributed by atoms with Crippen molar-refractivity contribution < 1.29 is 17.2 Å². The van der Waals surface area contributed by atoms with Gasteiger partial charge < -0.3 is 10.2 Å². The number of hydrogen-bond donors (Lipinski definition) is 2. The maximum atomic E-state index is 13.6. The van der Waals surface area contributed by atoms with Crippen molar-refractivity contribution in [1.82, 2.24) is 9.71 Å². The van der Waals surface area contributed by atoms with Gasteiger partial charge in [0.15, 0.2) is 0 Å². The Morgan fingerprint density at radius 2 is 2.14 bits per heavy atom. The summed E-state index contributed by atoms with van der Waals surface area (Å²) in [5, 5.41) is 0. The van der Waals surface area contributed by atoms with Gasteiger partial charge in [-0.3, -0.25) is 0 Å². The van der Waals surface area contributed by atoms with E-state index in [0.29, 0.717) is 12.2 Å². The van der Waals surface area contributed by atoms with Crippen LogP contribution in [0.25, 0.3) is 0 Å². The van der Waals surface area contributed by atoms with Gasteiger partial charge in [-0.15, -0.1) is 0 Å². The molecule has 0 amide bonds. The highest BCUT2D eigenvalue weighted by Crippen LogP contribution is 2.21. The summed E-state index contributed by atoms with van der Waals surface area (Å²) in [6.45, 7) is 3.16. The fraction of sp³-hybridized carbons (Fsp3) is 0.308. The topological polar surface area (TPSA) is 98.2 Å². The number of benzene rings is 1. The van der Waals surface area contributed by atoms with Crippen LogP contribution in [0.1, 0.15) is 24.1 Å². The average molecular weight is 313 g/mol. The van der Waals surface area contributed by atoms with Crippen LogP contribution in [0.2, 0.25) is 0 Å². The van der Waals surface area contributed by atoms with Crippen LogP contribution in [0.4, 0.5) is 10.1 Å². The summed E-state index contributed by atoms with van der Waals surface area (Å²) in [6.07, 6.45) is 2.20. The third-order valence-electron chi connectivity index (χ3n) is 2.97. The van der Waals surface area contributed by atoms with Gasteiger partial charge in [0.05, 0.1) is 17.6 Å². The van der Waals surface area contributed by atoms with Gasteiger partial charge in [0, 0.05) is 17.7 Å². The monoisotopic (exact) mass is 313 g/mol. The van der Waals surface area contributed by atoms with E-state index in [0.717, 1.165) is 6.07 Å². The van der Waals surface area contributed by atoms with Crippen LogP contribution >= 0.6 is 0 Å². The highest BCUT2D eigenvalue weighted by atomic mass is 32.2. The molecule has 21 heavy (non-hydrogen) atoms. The van der Waals surface area contributed by atoms with E-state index in [4.69, 9.17) is 10.2 Å². The summed E-state index contributed by atoms with van der Waals surface area (Å²) in [7, 11) is -3.90. The Morgan fingerprint density at radius 3 is 2.76 bits per heavy atom. The highest BCUT2D eigenvalue weighted by molar-refractivity contribution is 7.89. The van der Waals surface area contributed by atoms with E-state index in [-0.39, 0.29) is 28.6 Å². The third-order valence-corrected chi connectivity index (χ3v) is 4.50. The van der Waals surface area contributed by atoms with Crippen molar-refractivity contribution in [2.45, 2.75) is 31.7 Å². The number of halogens is 1. The Bertz CT molecular complexity index is 756. The first kappa shape index (κ1) is 15.5. The summed E-state index contributed by atoms with van der Waals surface area (Å²) in [6, 6.07) is 2.30. The first-order valence-corrected chi connectivity index (χ1v) is 7.80. The molecule has 0 saturated heterocycles. The SMILES string of the molecule is CCc1cnc(CNS(=O)(=O)c2cc(N)cc(F)c2C)o1. The summed E-state index contributed by atoms with van der Waals surface area (Å²) in [5.41, 5.74) is 5.55. The van der Waals surface area contributed by atoms with Crippen LogP contribution in [0, 0.1) is 12.7 Å². The second kappa shape index (κ2) is 5.82. The maximum absolute atomic E-state index is 13.6. The molecule has 1 heterocycles. The minimum Gasteiger partial charge on any atom is -0.444 e.